The Hall–Kier alpha value is -2.87. The Morgan fingerprint density at radius 3 is 2.83 bits per heavy atom. The molecule has 0 amide bonds. The number of benzene rings is 1. The van der Waals surface area contributed by atoms with Gasteiger partial charge in [0.05, 0.1) is 11.9 Å². The molecule has 0 fully saturated rings. The molecule has 2 aromatic heterocycles. The highest BCUT2D eigenvalue weighted by Gasteiger charge is 2.17. The summed E-state index contributed by atoms with van der Waals surface area (Å²) in [5.41, 5.74) is 2.66. The van der Waals surface area contributed by atoms with Crippen LogP contribution in [0.4, 0.5) is 5.69 Å². The zero-order valence-electron chi connectivity index (χ0n) is 13.0. The molecule has 0 bridgehead atoms. The average Bonchev–Trinajstić information content (AvgIpc) is 3.03. The summed E-state index contributed by atoms with van der Waals surface area (Å²) in [7, 11) is 1.79. The smallest absolute Gasteiger partial charge is 0.339 e. The molecule has 0 unspecified atom stereocenters. The number of nitrogens with zero attached hydrogens (tertiary/aromatic N) is 2. The quantitative estimate of drug-likeness (QED) is 0.419. The largest absolute Gasteiger partial charge is 0.478 e. The maximum atomic E-state index is 11.3. The molecular weight excluding hydrogens is 326 g/mol. The third-order valence-corrected chi connectivity index (χ3v) is 4.36. The number of H-pyrrole nitrogens is 1. The first-order valence-corrected chi connectivity index (χ1v) is 8.30. The lowest BCUT2D eigenvalue weighted by Gasteiger charge is -2.11. The second-order valence-corrected chi connectivity index (χ2v) is 5.88. The number of aromatic nitrogens is 3. The minimum atomic E-state index is -1.08. The molecule has 0 spiro atoms. The van der Waals surface area contributed by atoms with E-state index >= 15 is 0 Å². The van der Waals surface area contributed by atoms with Gasteiger partial charge in [-0.15, -0.1) is 11.8 Å². The van der Waals surface area contributed by atoms with Gasteiger partial charge in [-0.2, -0.15) is 0 Å². The topological polar surface area (TPSA) is 115 Å². The second kappa shape index (κ2) is 6.32. The Balaban J connectivity index is 2.12. The maximum Gasteiger partial charge on any atom is 0.339 e. The van der Waals surface area contributed by atoms with E-state index in [-0.39, 0.29) is 16.8 Å². The van der Waals surface area contributed by atoms with Gasteiger partial charge in [0.2, 0.25) is 0 Å². The fraction of sp³-hybridized carbons (Fsp3) is 0.125. The Labute approximate surface area is 142 Å². The van der Waals surface area contributed by atoms with Gasteiger partial charge in [0.25, 0.3) is 0 Å². The van der Waals surface area contributed by atoms with E-state index in [4.69, 9.17) is 5.41 Å². The number of aromatic carboxylic acids is 1. The second-order valence-electron chi connectivity index (χ2n) is 5.00. The molecule has 0 aliphatic carbocycles. The summed E-state index contributed by atoms with van der Waals surface area (Å²) in [6, 6.07) is 5.78. The van der Waals surface area contributed by atoms with E-state index in [1.807, 2.05) is 24.5 Å². The number of nitrogens with one attached hydrogen (secondary N) is 3. The molecule has 0 atom stereocenters. The van der Waals surface area contributed by atoms with Crippen LogP contribution in [0.2, 0.25) is 0 Å². The van der Waals surface area contributed by atoms with Crippen LogP contribution in [0.5, 0.6) is 0 Å². The van der Waals surface area contributed by atoms with Gasteiger partial charge < -0.3 is 15.4 Å². The number of hydrogen-bond acceptors (Lipinski definition) is 6. The summed E-state index contributed by atoms with van der Waals surface area (Å²) >= 11 is 1.58. The molecule has 3 rings (SSSR count). The minimum Gasteiger partial charge on any atom is -0.478 e. The zero-order valence-corrected chi connectivity index (χ0v) is 13.9. The Morgan fingerprint density at radius 1 is 1.38 bits per heavy atom. The third-order valence-electron chi connectivity index (χ3n) is 3.63. The van der Waals surface area contributed by atoms with E-state index < -0.39 is 5.97 Å². The molecule has 0 aliphatic rings. The fourth-order valence-electron chi connectivity index (χ4n) is 2.39. The molecule has 0 aliphatic heterocycles. The molecule has 4 N–H and O–H groups in total. The number of fused-ring (bicyclic) bond motifs is 1. The van der Waals surface area contributed by atoms with Gasteiger partial charge in [0, 0.05) is 29.4 Å². The first-order valence-electron chi connectivity index (χ1n) is 7.07. The fourth-order valence-corrected chi connectivity index (χ4v) is 2.83. The number of thioether (sulfide) groups is 1. The zero-order chi connectivity index (χ0) is 17.3. The van der Waals surface area contributed by atoms with Gasteiger partial charge in [0.15, 0.2) is 5.65 Å². The van der Waals surface area contributed by atoms with Crippen molar-refractivity contribution in [3.05, 3.63) is 47.4 Å². The van der Waals surface area contributed by atoms with Crippen molar-refractivity contribution in [2.24, 2.45) is 0 Å². The average molecular weight is 341 g/mol. The van der Waals surface area contributed by atoms with Crippen molar-refractivity contribution in [1.29, 1.82) is 5.41 Å². The van der Waals surface area contributed by atoms with Crippen molar-refractivity contribution in [2.75, 3.05) is 18.6 Å². The minimum absolute atomic E-state index is 0.0406. The van der Waals surface area contributed by atoms with E-state index in [0.717, 1.165) is 10.6 Å². The van der Waals surface area contributed by atoms with Crippen LogP contribution in [0, 0.1) is 5.41 Å². The maximum absolute atomic E-state index is 11.3. The molecule has 2 heterocycles. The predicted molar refractivity (Wildman–Crippen MR) is 94.5 cm³/mol. The standard InChI is InChI=1S/C16H15N5O2S/c1-18-11-4-3-8(24-2)5-9(11)13(17)12-7-20-15-14(21-12)10(6-19-15)16(22)23/h3-7,17-18H,1-2H3,(H,19,20)(H,22,23). The Bertz CT molecular complexity index is 951. The molecular formula is C16H15N5O2S. The summed E-state index contributed by atoms with van der Waals surface area (Å²) in [6.07, 6.45) is 4.79. The van der Waals surface area contributed by atoms with E-state index in [2.05, 4.69) is 20.3 Å². The first kappa shape index (κ1) is 16.0. The van der Waals surface area contributed by atoms with Crippen LogP contribution in [-0.4, -0.2) is 45.0 Å². The van der Waals surface area contributed by atoms with Gasteiger partial charge >= 0.3 is 5.97 Å². The van der Waals surface area contributed by atoms with Crippen LogP contribution in [0.15, 0.2) is 35.5 Å². The highest BCUT2D eigenvalue weighted by atomic mass is 32.2. The third kappa shape index (κ3) is 2.71. The lowest BCUT2D eigenvalue weighted by molar-refractivity contribution is 0.0699. The Kier molecular flexibility index (Phi) is 4.22. The van der Waals surface area contributed by atoms with E-state index in [0.29, 0.717) is 16.9 Å². The van der Waals surface area contributed by atoms with E-state index in [1.165, 1.54) is 12.4 Å². The molecule has 1 aromatic carbocycles. The van der Waals surface area contributed by atoms with Crippen LogP contribution in [-0.2, 0) is 0 Å². The van der Waals surface area contributed by atoms with Crippen molar-refractivity contribution >= 4 is 40.3 Å². The van der Waals surface area contributed by atoms with Crippen molar-refractivity contribution < 1.29 is 9.90 Å². The van der Waals surface area contributed by atoms with E-state index in [9.17, 15) is 9.90 Å². The summed E-state index contributed by atoms with van der Waals surface area (Å²) in [4.78, 5) is 23.6. The molecule has 24 heavy (non-hydrogen) atoms. The number of carbonyl (C=O) groups is 1. The SMILES string of the molecule is CNc1ccc(SC)cc1C(=N)c1cnc2[nH]cc(C(=O)O)c2n1. The van der Waals surface area contributed by atoms with Gasteiger partial charge in [0.1, 0.15) is 16.8 Å². The van der Waals surface area contributed by atoms with E-state index in [1.54, 1.807) is 18.8 Å². The highest BCUT2D eigenvalue weighted by molar-refractivity contribution is 7.98. The normalized spacial score (nSPS) is 10.8. The number of hydrogen-bond donors (Lipinski definition) is 4. The van der Waals surface area contributed by atoms with Crippen LogP contribution < -0.4 is 5.32 Å². The van der Waals surface area contributed by atoms with Gasteiger partial charge in [-0.3, -0.25) is 5.41 Å². The molecule has 0 saturated heterocycles. The lowest BCUT2D eigenvalue weighted by Crippen LogP contribution is -2.09. The van der Waals surface area contributed by atoms with Crippen molar-refractivity contribution in [2.45, 2.75) is 4.90 Å². The van der Waals surface area contributed by atoms with Crippen LogP contribution in [0.25, 0.3) is 11.2 Å². The molecule has 8 heteroatoms. The monoisotopic (exact) mass is 341 g/mol. The predicted octanol–water partition coefficient (Wildman–Crippen LogP) is 2.84. The van der Waals surface area contributed by atoms with Gasteiger partial charge in [-0.05, 0) is 24.5 Å². The van der Waals surface area contributed by atoms with Gasteiger partial charge in [-0.1, -0.05) is 0 Å². The Morgan fingerprint density at radius 2 is 2.17 bits per heavy atom. The molecule has 7 nitrogen and oxygen atoms in total. The number of rotatable bonds is 5. The summed E-state index contributed by atoms with van der Waals surface area (Å²) in [6.45, 7) is 0. The highest BCUT2D eigenvalue weighted by Crippen LogP contribution is 2.25. The van der Waals surface area contributed by atoms with Crippen molar-refractivity contribution in [3.8, 4) is 0 Å². The molecule has 122 valence electrons. The molecule has 0 radical (unpaired) electrons. The number of carboxylic acid groups (broad SMARTS) is 1. The summed E-state index contributed by atoms with van der Waals surface area (Å²) < 4.78 is 0. The number of anilines is 1. The van der Waals surface area contributed by atoms with Crippen LogP contribution in [0.1, 0.15) is 21.6 Å². The van der Waals surface area contributed by atoms with Gasteiger partial charge in [-0.25, -0.2) is 14.8 Å². The first-order chi connectivity index (χ1) is 11.5. The molecule has 0 saturated carbocycles. The van der Waals surface area contributed by atoms with Crippen LogP contribution >= 0.6 is 11.8 Å². The number of carboxylic acids is 1. The van der Waals surface area contributed by atoms with Crippen molar-refractivity contribution in [1.82, 2.24) is 15.0 Å². The summed E-state index contributed by atoms with van der Waals surface area (Å²) in [5, 5.41) is 20.8. The van der Waals surface area contributed by atoms with Crippen LogP contribution in [0.3, 0.4) is 0 Å². The number of aromatic amines is 1. The van der Waals surface area contributed by atoms with Crippen molar-refractivity contribution in [3.63, 3.8) is 0 Å². The lowest BCUT2D eigenvalue weighted by atomic mass is 10.1. The molecule has 3 aromatic rings. The summed E-state index contributed by atoms with van der Waals surface area (Å²) in [5.74, 6) is -1.08.